The van der Waals surface area contributed by atoms with Gasteiger partial charge in [0.2, 0.25) is 5.95 Å². The molecule has 1 aliphatic rings. The van der Waals surface area contributed by atoms with E-state index in [9.17, 15) is 5.11 Å². The maximum absolute atomic E-state index is 10.5. The second kappa shape index (κ2) is 7.78. The van der Waals surface area contributed by atoms with Gasteiger partial charge in [-0.05, 0) is 32.0 Å². The SMILES string of the molecule is COc1ccc(O[C@@H]2CCN(c3nc(C)cc(C)n3)C[C@H]2O)cc1OC. The van der Waals surface area contributed by atoms with Crippen molar-refractivity contribution >= 4 is 5.95 Å². The molecule has 7 nitrogen and oxygen atoms in total. The first-order valence-electron chi connectivity index (χ1n) is 8.64. The Labute approximate surface area is 153 Å². The van der Waals surface area contributed by atoms with Crippen LogP contribution >= 0.6 is 0 Å². The lowest BCUT2D eigenvalue weighted by Crippen LogP contribution is -2.49. The maximum Gasteiger partial charge on any atom is 0.225 e. The number of piperidine rings is 1. The third kappa shape index (κ3) is 3.99. The number of methoxy groups -OCH3 is 2. The first kappa shape index (κ1) is 18.3. The Kier molecular flexibility index (Phi) is 5.46. The van der Waals surface area contributed by atoms with Gasteiger partial charge in [-0.3, -0.25) is 0 Å². The van der Waals surface area contributed by atoms with Crippen LogP contribution < -0.4 is 19.1 Å². The van der Waals surface area contributed by atoms with E-state index in [0.717, 1.165) is 17.9 Å². The van der Waals surface area contributed by atoms with Crippen LogP contribution in [-0.2, 0) is 0 Å². The average Bonchev–Trinajstić information content (AvgIpc) is 2.62. The van der Waals surface area contributed by atoms with Crippen LogP contribution in [0.5, 0.6) is 17.2 Å². The molecule has 1 saturated heterocycles. The van der Waals surface area contributed by atoms with E-state index in [-0.39, 0.29) is 6.10 Å². The highest BCUT2D eigenvalue weighted by atomic mass is 16.5. The Morgan fingerprint density at radius 1 is 1.04 bits per heavy atom. The Balaban J connectivity index is 1.67. The second-order valence-electron chi connectivity index (χ2n) is 6.43. The molecule has 2 aromatic rings. The summed E-state index contributed by atoms with van der Waals surface area (Å²) in [5.74, 6) is 2.54. The molecule has 1 aromatic carbocycles. The molecule has 0 amide bonds. The van der Waals surface area contributed by atoms with Crippen molar-refractivity contribution in [2.24, 2.45) is 0 Å². The zero-order valence-corrected chi connectivity index (χ0v) is 15.6. The molecule has 0 radical (unpaired) electrons. The van der Waals surface area contributed by atoms with E-state index in [0.29, 0.717) is 36.2 Å². The fourth-order valence-electron chi connectivity index (χ4n) is 3.14. The van der Waals surface area contributed by atoms with Gasteiger partial charge in [0.05, 0.1) is 20.8 Å². The standard InChI is InChI=1S/C19H25N3O4/c1-12-9-13(2)21-19(20-12)22-8-7-16(15(23)11-22)26-14-5-6-17(24-3)18(10-14)25-4/h5-6,9-10,15-16,23H,7-8,11H2,1-4H3/t15-,16-/m1/s1. The van der Waals surface area contributed by atoms with Gasteiger partial charge in [-0.15, -0.1) is 0 Å². The number of β-amino-alcohol motifs (C(OH)–C–C–N with tert-alkyl or cyclic N) is 1. The summed E-state index contributed by atoms with van der Waals surface area (Å²) >= 11 is 0. The fourth-order valence-corrected chi connectivity index (χ4v) is 3.14. The van der Waals surface area contributed by atoms with Crippen molar-refractivity contribution < 1.29 is 19.3 Å². The average molecular weight is 359 g/mol. The van der Waals surface area contributed by atoms with Gasteiger partial charge < -0.3 is 24.2 Å². The highest BCUT2D eigenvalue weighted by molar-refractivity contribution is 5.45. The van der Waals surface area contributed by atoms with E-state index >= 15 is 0 Å². The topological polar surface area (TPSA) is 76.9 Å². The van der Waals surface area contributed by atoms with Crippen molar-refractivity contribution in [3.05, 3.63) is 35.7 Å². The van der Waals surface area contributed by atoms with Crippen molar-refractivity contribution in [3.8, 4) is 17.2 Å². The predicted octanol–water partition coefficient (Wildman–Crippen LogP) is 2.13. The minimum absolute atomic E-state index is 0.296. The Morgan fingerprint density at radius 2 is 1.73 bits per heavy atom. The molecule has 7 heteroatoms. The van der Waals surface area contributed by atoms with Gasteiger partial charge >= 0.3 is 0 Å². The molecule has 1 aromatic heterocycles. The number of benzene rings is 1. The molecular formula is C19H25N3O4. The summed E-state index contributed by atoms with van der Waals surface area (Å²) in [4.78, 5) is 10.9. The molecule has 26 heavy (non-hydrogen) atoms. The van der Waals surface area contributed by atoms with Crippen LogP contribution in [0.3, 0.4) is 0 Å². The number of hydrogen-bond acceptors (Lipinski definition) is 7. The lowest BCUT2D eigenvalue weighted by Gasteiger charge is -2.36. The minimum atomic E-state index is -0.638. The molecule has 0 bridgehead atoms. The summed E-state index contributed by atoms with van der Waals surface area (Å²) in [5.41, 5.74) is 1.84. The smallest absolute Gasteiger partial charge is 0.225 e. The van der Waals surface area contributed by atoms with E-state index in [1.165, 1.54) is 0 Å². The normalized spacial score (nSPS) is 20.0. The fraction of sp³-hybridized carbons (Fsp3) is 0.474. The van der Waals surface area contributed by atoms with Gasteiger partial charge in [0.15, 0.2) is 11.5 Å². The van der Waals surface area contributed by atoms with Gasteiger partial charge in [-0.2, -0.15) is 0 Å². The molecule has 0 aliphatic carbocycles. The van der Waals surface area contributed by atoms with Crippen LogP contribution in [0.1, 0.15) is 17.8 Å². The number of aryl methyl sites for hydroxylation is 2. The van der Waals surface area contributed by atoms with Crippen LogP contribution in [0.2, 0.25) is 0 Å². The third-order valence-electron chi connectivity index (χ3n) is 4.42. The zero-order valence-electron chi connectivity index (χ0n) is 15.6. The van der Waals surface area contributed by atoms with E-state index in [4.69, 9.17) is 14.2 Å². The summed E-state index contributed by atoms with van der Waals surface area (Å²) in [6.45, 7) is 5.04. The summed E-state index contributed by atoms with van der Waals surface area (Å²) < 4.78 is 16.5. The molecule has 0 spiro atoms. The molecule has 2 heterocycles. The minimum Gasteiger partial charge on any atom is -0.493 e. The summed E-state index contributed by atoms with van der Waals surface area (Å²) in [6, 6.07) is 7.31. The van der Waals surface area contributed by atoms with Gasteiger partial charge in [0.1, 0.15) is 18.0 Å². The second-order valence-corrected chi connectivity index (χ2v) is 6.43. The largest absolute Gasteiger partial charge is 0.493 e. The predicted molar refractivity (Wildman–Crippen MR) is 98.3 cm³/mol. The van der Waals surface area contributed by atoms with Gasteiger partial charge in [-0.25, -0.2) is 9.97 Å². The maximum atomic E-state index is 10.5. The molecule has 140 valence electrons. The van der Waals surface area contributed by atoms with Crippen LogP contribution in [0.4, 0.5) is 5.95 Å². The monoisotopic (exact) mass is 359 g/mol. The Bertz CT molecular complexity index is 748. The molecular weight excluding hydrogens is 334 g/mol. The number of nitrogens with zero attached hydrogens (tertiary/aromatic N) is 3. The number of hydrogen-bond donors (Lipinski definition) is 1. The van der Waals surface area contributed by atoms with Crippen molar-refractivity contribution in [1.82, 2.24) is 9.97 Å². The molecule has 3 rings (SSSR count). The number of aromatic nitrogens is 2. The van der Waals surface area contributed by atoms with Crippen molar-refractivity contribution in [1.29, 1.82) is 0 Å². The Morgan fingerprint density at radius 3 is 2.35 bits per heavy atom. The van der Waals surface area contributed by atoms with Crippen molar-refractivity contribution in [2.75, 3.05) is 32.2 Å². The molecule has 1 N–H and O–H groups in total. The summed E-state index contributed by atoms with van der Waals surface area (Å²) in [7, 11) is 3.17. The number of rotatable bonds is 5. The molecule has 1 fully saturated rings. The van der Waals surface area contributed by atoms with Crippen LogP contribution in [-0.4, -0.2) is 54.6 Å². The van der Waals surface area contributed by atoms with Crippen LogP contribution in [0, 0.1) is 13.8 Å². The van der Waals surface area contributed by atoms with Crippen LogP contribution in [0.15, 0.2) is 24.3 Å². The number of aliphatic hydroxyl groups excluding tert-OH is 1. The lowest BCUT2D eigenvalue weighted by atomic mass is 10.0. The Hall–Kier alpha value is -2.54. The summed E-state index contributed by atoms with van der Waals surface area (Å²) in [5, 5.41) is 10.5. The van der Waals surface area contributed by atoms with E-state index in [1.807, 2.05) is 30.9 Å². The quantitative estimate of drug-likeness (QED) is 0.876. The van der Waals surface area contributed by atoms with Gasteiger partial charge in [0.25, 0.3) is 0 Å². The molecule has 0 saturated carbocycles. The highest BCUT2D eigenvalue weighted by Gasteiger charge is 2.30. The van der Waals surface area contributed by atoms with E-state index < -0.39 is 6.10 Å². The molecule has 1 aliphatic heterocycles. The number of aliphatic hydroxyl groups is 1. The lowest BCUT2D eigenvalue weighted by molar-refractivity contribution is 0.0237. The number of anilines is 1. The summed E-state index contributed by atoms with van der Waals surface area (Å²) in [6.07, 6.45) is -0.261. The van der Waals surface area contributed by atoms with E-state index in [1.54, 1.807) is 26.4 Å². The number of ether oxygens (including phenoxy) is 3. The molecule has 2 atom stereocenters. The first-order chi connectivity index (χ1) is 12.5. The molecule has 0 unspecified atom stereocenters. The van der Waals surface area contributed by atoms with Crippen LogP contribution in [0.25, 0.3) is 0 Å². The third-order valence-corrected chi connectivity index (χ3v) is 4.42. The van der Waals surface area contributed by atoms with E-state index in [2.05, 4.69) is 9.97 Å². The van der Waals surface area contributed by atoms with Crippen molar-refractivity contribution in [2.45, 2.75) is 32.5 Å². The van der Waals surface area contributed by atoms with Gasteiger partial charge in [0, 0.05) is 30.4 Å². The first-order valence-corrected chi connectivity index (χ1v) is 8.64. The highest BCUT2D eigenvalue weighted by Crippen LogP contribution is 2.32. The van der Waals surface area contributed by atoms with Crippen molar-refractivity contribution in [3.63, 3.8) is 0 Å². The zero-order chi connectivity index (χ0) is 18.7. The van der Waals surface area contributed by atoms with Gasteiger partial charge in [-0.1, -0.05) is 0 Å².